The fourth-order valence-corrected chi connectivity index (χ4v) is 2.95. The average molecular weight is 286 g/mol. The van der Waals surface area contributed by atoms with Crippen molar-refractivity contribution in [1.29, 1.82) is 0 Å². The highest BCUT2D eigenvalue weighted by Gasteiger charge is 2.27. The summed E-state index contributed by atoms with van der Waals surface area (Å²) in [4.78, 5) is 6.66. The Morgan fingerprint density at radius 2 is 2.19 bits per heavy atom. The molecule has 1 aliphatic heterocycles. The average Bonchev–Trinajstić information content (AvgIpc) is 3.07. The molecular weight excluding hydrogens is 264 g/mol. The van der Waals surface area contributed by atoms with Gasteiger partial charge >= 0.3 is 0 Å². The summed E-state index contributed by atoms with van der Waals surface area (Å²) in [6, 6.07) is 11.7. The van der Waals surface area contributed by atoms with Crippen molar-refractivity contribution in [3.05, 3.63) is 48.1 Å². The third-order valence-electron chi connectivity index (χ3n) is 4.20. The summed E-state index contributed by atoms with van der Waals surface area (Å²) in [6.45, 7) is 5.25. The molecule has 1 aromatic carbocycles. The van der Waals surface area contributed by atoms with Gasteiger partial charge < -0.3 is 9.84 Å². The van der Waals surface area contributed by atoms with Crippen LogP contribution >= 0.6 is 0 Å². The summed E-state index contributed by atoms with van der Waals surface area (Å²) in [7, 11) is 0. The number of nitrogens with one attached hydrogen (secondary N) is 1. The summed E-state index contributed by atoms with van der Waals surface area (Å²) < 4.78 is 4.82. The molecule has 1 fully saturated rings. The zero-order valence-electron chi connectivity index (χ0n) is 12.4. The van der Waals surface area contributed by atoms with Crippen LogP contribution in [0.15, 0.2) is 41.2 Å². The number of rotatable bonds is 5. The zero-order chi connectivity index (χ0) is 14.5. The minimum atomic E-state index is 0.418. The van der Waals surface area contributed by atoms with E-state index >= 15 is 0 Å². The van der Waals surface area contributed by atoms with Crippen LogP contribution in [0.3, 0.4) is 0 Å². The SMILES string of the molecule is CCC1CN(CCc2ncon2)C(c2ccccc2)CN1. The van der Waals surface area contributed by atoms with Gasteiger partial charge in [0.2, 0.25) is 6.39 Å². The van der Waals surface area contributed by atoms with Crippen molar-refractivity contribution in [3.63, 3.8) is 0 Å². The normalized spacial score (nSPS) is 23.3. The number of hydrogen-bond acceptors (Lipinski definition) is 5. The van der Waals surface area contributed by atoms with Gasteiger partial charge in [0.25, 0.3) is 0 Å². The minimum Gasteiger partial charge on any atom is -0.343 e. The number of benzene rings is 1. The van der Waals surface area contributed by atoms with Gasteiger partial charge in [0.05, 0.1) is 0 Å². The monoisotopic (exact) mass is 286 g/mol. The van der Waals surface area contributed by atoms with Crippen LogP contribution in [0.2, 0.25) is 0 Å². The molecule has 112 valence electrons. The fourth-order valence-electron chi connectivity index (χ4n) is 2.95. The third kappa shape index (κ3) is 3.49. The lowest BCUT2D eigenvalue weighted by atomic mass is 10.00. The Kier molecular flexibility index (Phi) is 4.62. The number of hydrogen-bond donors (Lipinski definition) is 1. The molecular formula is C16H22N4O. The standard InChI is InChI=1S/C16H22N4O/c1-2-14-11-20(9-8-16-18-12-21-19-16)15(10-17-14)13-6-4-3-5-7-13/h3-7,12,14-15,17H,2,8-11H2,1H3. The Labute approximate surface area is 125 Å². The van der Waals surface area contributed by atoms with Crippen molar-refractivity contribution in [3.8, 4) is 0 Å². The van der Waals surface area contributed by atoms with Crippen LogP contribution < -0.4 is 5.32 Å². The maximum absolute atomic E-state index is 4.82. The minimum absolute atomic E-state index is 0.418. The van der Waals surface area contributed by atoms with Gasteiger partial charge in [0.1, 0.15) is 0 Å². The van der Waals surface area contributed by atoms with Crippen LogP contribution in [0, 0.1) is 0 Å². The lowest BCUT2D eigenvalue weighted by Crippen LogP contribution is -2.52. The Morgan fingerprint density at radius 1 is 1.33 bits per heavy atom. The molecule has 0 saturated carbocycles. The molecule has 1 aromatic heterocycles. The van der Waals surface area contributed by atoms with E-state index in [1.165, 1.54) is 12.0 Å². The van der Waals surface area contributed by atoms with Gasteiger partial charge in [-0.3, -0.25) is 4.90 Å². The fraction of sp³-hybridized carbons (Fsp3) is 0.500. The van der Waals surface area contributed by atoms with Crippen molar-refractivity contribution >= 4 is 0 Å². The highest BCUT2D eigenvalue weighted by molar-refractivity contribution is 5.20. The van der Waals surface area contributed by atoms with Crippen LogP contribution in [-0.2, 0) is 6.42 Å². The molecule has 0 spiro atoms. The van der Waals surface area contributed by atoms with Crippen LogP contribution in [0.4, 0.5) is 0 Å². The summed E-state index contributed by atoms with van der Waals surface area (Å²) in [6.07, 6.45) is 3.38. The maximum Gasteiger partial charge on any atom is 0.213 e. The lowest BCUT2D eigenvalue weighted by molar-refractivity contribution is 0.129. The van der Waals surface area contributed by atoms with E-state index in [1.54, 1.807) is 0 Å². The molecule has 3 rings (SSSR count). The van der Waals surface area contributed by atoms with Crippen LogP contribution in [-0.4, -0.2) is 40.7 Å². The summed E-state index contributed by atoms with van der Waals surface area (Å²) in [5.41, 5.74) is 1.37. The summed E-state index contributed by atoms with van der Waals surface area (Å²) in [5.74, 6) is 0.786. The van der Waals surface area contributed by atoms with Crippen molar-refractivity contribution in [2.75, 3.05) is 19.6 Å². The van der Waals surface area contributed by atoms with Crippen LogP contribution in [0.1, 0.15) is 30.8 Å². The summed E-state index contributed by atoms with van der Waals surface area (Å²) in [5, 5.41) is 7.56. The molecule has 1 N–H and O–H groups in total. The number of nitrogens with zero attached hydrogens (tertiary/aromatic N) is 3. The van der Waals surface area contributed by atoms with Crippen molar-refractivity contribution in [2.45, 2.75) is 31.8 Å². The first-order valence-corrected chi connectivity index (χ1v) is 7.64. The van der Waals surface area contributed by atoms with E-state index in [0.717, 1.165) is 38.3 Å². The first-order chi connectivity index (χ1) is 10.4. The zero-order valence-corrected chi connectivity index (χ0v) is 12.4. The third-order valence-corrected chi connectivity index (χ3v) is 4.20. The van der Waals surface area contributed by atoms with Gasteiger partial charge in [-0.15, -0.1) is 0 Å². The molecule has 1 aliphatic rings. The second-order valence-electron chi connectivity index (χ2n) is 5.53. The Bertz CT molecular complexity index is 528. The first kappa shape index (κ1) is 14.2. The predicted molar refractivity (Wildman–Crippen MR) is 80.8 cm³/mol. The summed E-state index contributed by atoms with van der Waals surface area (Å²) >= 11 is 0. The largest absolute Gasteiger partial charge is 0.343 e. The topological polar surface area (TPSA) is 54.2 Å². The van der Waals surface area contributed by atoms with Crippen molar-refractivity contribution < 1.29 is 4.52 Å². The van der Waals surface area contributed by atoms with E-state index < -0.39 is 0 Å². The number of piperazine rings is 1. The predicted octanol–water partition coefficient (Wildman–Crippen LogP) is 2.04. The quantitative estimate of drug-likeness (QED) is 0.911. The molecule has 1 saturated heterocycles. The molecule has 2 atom stereocenters. The molecule has 0 aliphatic carbocycles. The molecule has 0 amide bonds. The highest BCUT2D eigenvalue weighted by Crippen LogP contribution is 2.24. The smallest absolute Gasteiger partial charge is 0.213 e. The molecule has 0 bridgehead atoms. The van der Waals surface area contributed by atoms with Gasteiger partial charge in [-0.2, -0.15) is 4.98 Å². The first-order valence-electron chi connectivity index (χ1n) is 7.64. The molecule has 2 aromatic rings. The van der Waals surface area contributed by atoms with E-state index in [4.69, 9.17) is 4.52 Å². The second kappa shape index (κ2) is 6.83. The van der Waals surface area contributed by atoms with Crippen LogP contribution in [0.5, 0.6) is 0 Å². The Balaban J connectivity index is 1.70. The van der Waals surface area contributed by atoms with E-state index in [2.05, 4.69) is 57.6 Å². The van der Waals surface area contributed by atoms with Gasteiger partial charge in [0.15, 0.2) is 5.82 Å². The molecule has 5 heteroatoms. The maximum atomic E-state index is 4.82. The molecule has 2 heterocycles. The van der Waals surface area contributed by atoms with Crippen molar-refractivity contribution in [2.24, 2.45) is 0 Å². The highest BCUT2D eigenvalue weighted by atomic mass is 16.5. The Hall–Kier alpha value is -1.72. The van der Waals surface area contributed by atoms with Gasteiger partial charge in [0, 0.05) is 38.1 Å². The van der Waals surface area contributed by atoms with E-state index in [9.17, 15) is 0 Å². The molecule has 21 heavy (non-hydrogen) atoms. The van der Waals surface area contributed by atoms with E-state index in [-0.39, 0.29) is 0 Å². The van der Waals surface area contributed by atoms with Gasteiger partial charge in [-0.25, -0.2) is 0 Å². The van der Waals surface area contributed by atoms with E-state index in [1.807, 2.05) is 0 Å². The van der Waals surface area contributed by atoms with Gasteiger partial charge in [-0.05, 0) is 12.0 Å². The van der Waals surface area contributed by atoms with E-state index in [0.29, 0.717) is 12.1 Å². The Morgan fingerprint density at radius 3 is 2.90 bits per heavy atom. The number of aromatic nitrogens is 2. The molecule has 2 unspecified atom stereocenters. The van der Waals surface area contributed by atoms with Crippen molar-refractivity contribution in [1.82, 2.24) is 20.4 Å². The molecule has 5 nitrogen and oxygen atoms in total. The lowest BCUT2D eigenvalue weighted by Gasteiger charge is -2.40. The van der Waals surface area contributed by atoms with Gasteiger partial charge in [-0.1, -0.05) is 42.4 Å². The second-order valence-corrected chi connectivity index (χ2v) is 5.53. The van der Waals surface area contributed by atoms with Crippen LogP contribution in [0.25, 0.3) is 0 Å². The molecule has 0 radical (unpaired) electrons.